The highest BCUT2D eigenvalue weighted by molar-refractivity contribution is 5.74. The molecule has 0 spiro atoms. The Hall–Kier alpha value is -2.60. The second-order valence-corrected chi connectivity index (χ2v) is 5.72. The standard InChI is InChI=1S/C18H24N4O2/c1-22(2)17-12-14(8-10-19-17)13-20-18(24)21-16(9-11-23)15-6-4-3-5-7-15/h3-8,10,12,16,23H,9,11,13H2,1-2H3,(H2,20,21,24)/t16-/m1/s1. The number of anilines is 1. The molecular weight excluding hydrogens is 304 g/mol. The minimum atomic E-state index is -0.263. The van der Waals surface area contributed by atoms with Gasteiger partial charge in [0.2, 0.25) is 0 Å². The number of aromatic nitrogens is 1. The SMILES string of the molecule is CN(C)c1cc(CNC(=O)N[C@H](CCO)c2ccccc2)ccn1. The Morgan fingerprint density at radius 2 is 2.00 bits per heavy atom. The average molecular weight is 328 g/mol. The van der Waals surface area contributed by atoms with E-state index in [2.05, 4.69) is 15.6 Å². The summed E-state index contributed by atoms with van der Waals surface area (Å²) in [6.07, 6.45) is 2.19. The van der Waals surface area contributed by atoms with Crippen molar-refractivity contribution in [2.45, 2.75) is 19.0 Å². The van der Waals surface area contributed by atoms with Crippen molar-refractivity contribution >= 4 is 11.8 Å². The second-order valence-electron chi connectivity index (χ2n) is 5.72. The fourth-order valence-corrected chi connectivity index (χ4v) is 2.34. The van der Waals surface area contributed by atoms with Gasteiger partial charge in [0.15, 0.2) is 0 Å². The Bertz CT molecular complexity index is 646. The maximum atomic E-state index is 12.2. The van der Waals surface area contributed by atoms with Gasteiger partial charge in [0.05, 0.1) is 6.04 Å². The minimum absolute atomic E-state index is 0.0103. The molecule has 0 fully saturated rings. The van der Waals surface area contributed by atoms with Crippen LogP contribution in [0.15, 0.2) is 48.7 Å². The number of pyridine rings is 1. The van der Waals surface area contributed by atoms with E-state index in [9.17, 15) is 9.90 Å². The zero-order valence-corrected chi connectivity index (χ0v) is 14.1. The summed E-state index contributed by atoms with van der Waals surface area (Å²) in [5, 5.41) is 15.0. The molecule has 3 N–H and O–H groups in total. The van der Waals surface area contributed by atoms with Crippen LogP contribution in [0.4, 0.5) is 10.6 Å². The molecule has 0 unspecified atom stereocenters. The van der Waals surface area contributed by atoms with Gasteiger partial charge in [0.1, 0.15) is 5.82 Å². The van der Waals surface area contributed by atoms with Crippen LogP contribution in [0, 0.1) is 0 Å². The molecule has 0 saturated heterocycles. The van der Waals surface area contributed by atoms with Crippen LogP contribution < -0.4 is 15.5 Å². The molecule has 1 aromatic heterocycles. The van der Waals surface area contributed by atoms with Crippen molar-refractivity contribution in [2.24, 2.45) is 0 Å². The van der Waals surface area contributed by atoms with Gasteiger partial charge in [-0.05, 0) is 29.7 Å². The number of aliphatic hydroxyl groups is 1. The summed E-state index contributed by atoms with van der Waals surface area (Å²) in [5.74, 6) is 0.845. The largest absolute Gasteiger partial charge is 0.396 e. The number of aliphatic hydroxyl groups excluding tert-OH is 1. The van der Waals surface area contributed by atoms with Gasteiger partial charge in [0.25, 0.3) is 0 Å². The van der Waals surface area contributed by atoms with Crippen LogP contribution in [-0.4, -0.2) is 36.8 Å². The topological polar surface area (TPSA) is 77.5 Å². The number of hydrogen-bond acceptors (Lipinski definition) is 4. The van der Waals surface area contributed by atoms with E-state index in [-0.39, 0.29) is 18.7 Å². The van der Waals surface area contributed by atoms with Crippen molar-refractivity contribution < 1.29 is 9.90 Å². The van der Waals surface area contributed by atoms with Gasteiger partial charge in [-0.2, -0.15) is 0 Å². The quantitative estimate of drug-likeness (QED) is 0.727. The van der Waals surface area contributed by atoms with Crippen LogP contribution in [0.2, 0.25) is 0 Å². The molecule has 1 aromatic carbocycles. The van der Waals surface area contributed by atoms with Gasteiger partial charge in [-0.15, -0.1) is 0 Å². The highest BCUT2D eigenvalue weighted by Crippen LogP contribution is 2.16. The summed E-state index contributed by atoms with van der Waals surface area (Å²) in [4.78, 5) is 18.3. The monoisotopic (exact) mass is 328 g/mol. The molecule has 0 radical (unpaired) electrons. The molecule has 1 heterocycles. The Labute approximate surface area is 142 Å². The molecule has 0 aliphatic rings. The first kappa shape index (κ1) is 17.7. The Morgan fingerprint density at radius 1 is 1.25 bits per heavy atom. The van der Waals surface area contributed by atoms with E-state index < -0.39 is 0 Å². The van der Waals surface area contributed by atoms with Crippen molar-refractivity contribution in [2.75, 3.05) is 25.6 Å². The average Bonchev–Trinajstić information content (AvgIpc) is 2.60. The number of carbonyl (C=O) groups excluding carboxylic acids is 1. The Morgan fingerprint density at radius 3 is 2.67 bits per heavy atom. The number of amides is 2. The summed E-state index contributed by atoms with van der Waals surface area (Å²) < 4.78 is 0. The molecule has 6 nitrogen and oxygen atoms in total. The van der Waals surface area contributed by atoms with Crippen molar-refractivity contribution in [1.29, 1.82) is 0 Å². The van der Waals surface area contributed by atoms with E-state index in [0.29, 0.717) is 13.0 Å². The first-order valence-corrected chi connectivity index (χ1v) is 7.92. The third-order valence-electron chi connectivity index (χ3n) is 3.65. The highest BCUT2D eigenvalue weighted by atomic mass is 16.3. The minimum Gasteiger partial charge on any atom is -0.396 e. The first-order valence-electron chi connectivity index (χ1n) is 7.92. The predicted molar refractivity (Wildman–Crippen MR) is 94.8 cm³/mol. The lowest BCUT2D eigenvalue weighted by molar-refractivity contribution is 0.229. The van der Waals surface area contributed by atoms with E-state index >= 15 is 0 Å². The molecular formula is C18H24N4O2. The normalized spacial score (nSPS) is 11.6. The summed E-state index contributed by atoms with van der Waals surface area (Å²) >= 11 is 0. The molecule has 0 bridgehead atoms. The maximum Gasteiger partial charge on any atom is 0.315 e. The van der Waals surface area contributed by atoms with Crippen LogP contribution in [0.5, 0.6) is 0 Å². The predicted octanol–water partition coefficient (Wildman–Crippen LogP) is 2.07. The zero-order chi connectivity index (χ0) is 17.4. The molecule has 2 rings (SSSR count). The lowest BCUT2D eigenvalue weighted by atomic mass is 10.0. The molecule has 6 heteroatoms. The van der Waals surface area contributed by atoms with Crippen LogP contribution in [0.25, 0.3) is 0 Å². The van der Waals surface area contributed by atoms with Crippen LogP contribution in [0.3, 0.4) is 0 Å². The third-order valence-corrected chi connectivity index (χ3v) is 3.65. The Balaban J connectivity index is 1.93. The lowest BCUT2D eigenvalue weighted by Crippen LogP contribution is -2.38. The molecule has 2 amide bonds. The third kappa shape index (κ3) is 5.24. The van der Waals surface area contributed by atoms with Gasteiger partial charge in [0, 0.05) is 33.4 Å². The van der Waals surface area contributed by atoms with E-state index in [1.807, 2.05) is 61.5 Å². The van der Waals surface area contributed by atoms with Crippen molar-refractivity contribution in [3.05, 3.63) is 59.8 Å². The molecule has 2 aromatic rings. The lowest BCUT2D eigenvalue weighted by Gasteiger charge is -2.19. The zero-order valence-electron chi connectivity index (χ0n) is 14.1. The maximum absolute atomic E-state index is 12.2. The van der Waals surface area contributed by atoms with Crippen LogP contribution in [-0.2, 0) is 6.54 Å². The summed E-state index contributed by atoms with van der Waals surface area (Å²) in [6, 6.07) is 13.0. The number of rotatable bonds is 7. The second kappa shape index (κ2) is 8.88. The number of urea groups is 1. The van der Waals surface area contributed by atoms with E-state index in [1.54, 1.807) is 6.20 Å². The van der Waals surface area contributed by atoms with Gasteiger partial charge < -0.3 is 20.6 Å². The molecule has 24 heavy (non-hydrogen) atoms. The smallest absolute Gasteiger partial charge is 0.315 e. The fraction of sp³-hybridized carbons (Fsp3) is 0.333. The van der Waals surface area contributed by atoms with Crippen molar-refractivity contribution in [3.8, 4) is 0 Å². The first-order chi connectivity index (χ1) is 11.6. The van der Waals surface area contributed by atoms with E-state index in [1.165, 1.54) is 0 Å². The molecule has 1 atom stereocenters. The number of benzene rings is 1. The fourth-order valence-electron chi connectivity index (χ4n) is 2.34. The van der Waals surface area contributed by atoms with E-state index in [4.69, 9.17) is 0 Å². The Kier molecular flexibility index (Phi) is 6.57. The summed E-state index contributed by atoms with van der Waals surface area (Å²) in [6.45, 7) is 0.423. The van der Waals surface area contributed by atoms with Gasteiger partial charge in [-0.25, -0.2) is 9.78 Å². The summed E-state index contributed by atoms with van der Waals surface area (Å²) in [7, 11) is 3.84. The molecule has 128 valence electrons. The van der Waals surface area contributed by atoms with Gasteiger partial charge >= 0.3 is 6.03 Å². The van der Waals surface area contributed by atoms with E-state index in [0.717, 1.165) is 16.9 Å². The van der Waals surface area contributed by atoms with Crippen LogP contribution in [0.1, 0.15) is 23.6 Å². The van der Waals surface area contributed by atoms with Gasteiger partial charge in [-0.3, -0.25) is 0 Å². The van der Waals surface area contributed by atoms with Crippen molar-refractivity contribution in [3.63, 3.8) is 0 Å². The summed E-state index contributed by atoms with van der Waals surface area (Å²) in [5.41, 5.74) is 1.95. The number of carbonyl (C=O) groups is 1. The number of nitrogens with zero attached hydrogens (tertiary/aromatic N) is 2. The highest BCUT2D eigenvalue weighted by Gasteiger charge is 2.13. The van der Waals surface area contributed by atoms with Crippen LogP contribution >= 0.6 is 0 Å². The van der Waals surface area contributed by atoms with Gasteiger partial charge in [-0.1, -0.05) is 30.3 Å². The molecule has 0 aliphatic carbocycles. The molecule has 0 saturated carbocycles. The van der Waals surface area contributed by atoms with Crippen molar-refractivity contribution in [1.82, 2.24) is 15.6 Å². The number of hydrogen-bond donors (Lipinski definition) is 3. The number of nitrogens with one attached hydrogen (secondary N) is 2. The molecule has 0 aliphatic heterocycles.